The van der Waals surface area contributed by atoms with Gasteiger partial charge in [0.1, 0.15) is 11.5 Å². The summed E-state index contributed by atoms with van der Waals surface area (Å²) in [4.78, 5) is 23.4. The molecule has 0 aromatic heterocycles. The van der Waals surface area contributed by atoms with Gasteiger partial charge in [0.2, 0.25) is 0 Å². The van der Waals surface area contributed by atoms with Crippen LogP contribution < -0.4 is 20.3 Å². The summed E-state index contributed by atoms with van der Waals surface area (Å²) < 4.78 is 10.7. The van der Waals surface area contributed by atoms with E-state index in [-0.39, 0.29) is 13.2 Å². The third-order valence-corrected chi connectivity index (χ3v) is 3.45. The van der Waals surface area contributed by atoms with E-state index in [9.17, 15) is 9.59 Å². The number of carbonyl (C=O) groups excluding carboxylic acids is 2. The predicted molar refractivity (Wildman–Crippen MR) is 94.3 cm³/mol. The van der Waals surface area contributed by atoms with Gasteiger partial charge in [0.05, 0.1) is 11.6 Å². The lowest BCUT2D eigenvalue weighted by Crippen LogP contribution is -2.45. The van der Waals surface area contributed by atoms with E-state index < -0.39 is 11.8 Å². The molecule has 2 aromatic carbocycles. The number of para-hydroxylation sites is 1. The molecule has 0 saturated carbocycles. The third-order valence-electron chi connectivity index (χ3n) is 3.45. The molecule has 0 aliphatic rings. The Morgan fingerprint density at radius 3 is 2.00 bits per heavy atom. The van der Waals surface area contributed by atoms with Crippen molar-refractivity contribution in [3.05, 3.63) is 59.2 Å². The van der Waals surface area contributed by atoms with E-state index in [4.69, 9.17) is 14.7 Å². The maximum absolute atomic E-state index is 11.8. The molecule has 0 fully saturated rings. The van der Waals surface area contributed by atoms with Crippen LogP contribution in [-0.4, -0.2) is 25.0 Å². The van der Waals surface area contributed by atoms with Gasteiger partial charge in [-0.3, -0.25) is 20.4 Å². The van der Waals surface area contributed by atoms with Gasteiger partial charge < -0.3 is 9.47 Å². The zero-order valence-electron chi connectivity index (χ0n) is 14.5. The second-order valence-corrected chi connectivity index (χ2v) is 5.53. The first kappa shape index (κ1) is 18.8. The second kappa shape index (κ2) is 9.08. The molecule has 0 spiro atoms. The Hall–Kier alpha value is -3.53. The van der Waals surface area contributed by atoms with Crippen LogP contribution in [0.2, 0.25) is 0 Å². The van der Waals surface area contributed by atoms with E-state index in [0.717, 1.165) is 11.1 Å². The zero-order valence-corrected chi connectivity index (χ0v) is 14.5. The molecule has 0 unspecified atom stereocenters. The van der Waals surface area contributed by atoms with Gasteiger partial charge in [-0.15, -0.1) is 0 Å². The normalized spacial score (nSPS) is 9.73. The zero-order chi connectivity index (χ0) is 18.9. The minimum absolute atomic E-state index is 0.220. The van der Waals surface area contributed by atoms with Crippen molar-refractivity contribution in [1.82, 2.24) is 10.9 Å². The van der Waals surface area contributed by atoms with Crippen molar-refractivity contribution in [2.24, 2.45) is 0 Å². The number of nitriles is 1. The Labute approximate surface area is 151 Å². The Morgan fingerprint density at radius 1 is 0.923 bits per heavy atom. The highest BCUT2D eigenvalue weighted by molar-refractivity contribution is 5.83. The fourth-order valence-electron chi connectivity index (χ4n) is 2.15. The number of amides is 2. The maximum Gasteiger partial charge on any atom is 0.276 e. The van der Waals surface area contributed by atoms with Crippen LogP contribution in [0.4, 0.5) is 0 Å². The number of nitrogens with one attached hydrogen (secondary N) is 2. The Kier molecular flexibility index (Phi) is 6.57. The molecular formula is C19H19N3O4. The van der Waals surface area contributed by atoms with Crippen LogP contribution in [0.25, 0.3) is 0 Å². The summed E-state index contributed by atoms with van der Waals surface area (Å²) in [6.45, 7) is 3.29. The van der Waals surface area contributed by atoms with Crippen LogP contribution in [0.3, 0.4) is 0 Å². The van der Waals surface area contributed by atoms with E-state index in [0.29, 0.717) is 17.1 Å². The number of benzene rings is 2. The van der Waals surface area contributed by atoms with Crippen LogP contribution in [0.1, 0.15) is 16.7 Å². The molecule has 0 heterocycles. The number of rotatable bonds is 6. The molecule has 2 amide bonds. The summed E-state index contributed by atoms with van der Waals surface area (Å²) >= 11 is 0. The molecule has 2 aromatic rings. The first-order chi connectivity index (χ1) is 12.5. The topological polar surface area (TPSA) is 100 Å². The molecule has 26 heavy (non-hydrogen) atoms. The van der Waals surface area contributed by atoms with Gasteiger partial charge in [0.15, 0.2) is 13.2 Å². The lowest BCUT2D eigenvalue weighted by atomic mass is 10.1. The number of nitrogens with zero attached hydrogens (tertiary/aromatic N) is 1. The number of carbonyl (C=O) groups is 2. The Bertz CT molecular complexity index is 805. The van der Waals surface area contributed by atoms with Crippen molar-refractivity contribution in [2.45, 2.75) is 13.8 Å². The van der Waals surface area contributed by atoms with Gasteiger partial charge in [-0.05, 0) is 49.2 Å². The summed E-state index contributed by atoms with van der Waals surface area (Å²) in [5.41, 5.74) is 6.86. The molecule has 7 nitrogen and oxygen atoms in total. The van der Waals surface area contributed by atoms with Crippen LogP contribution in [0.5, 0.6) is 11.5 Å². The third kappa shape index (κ3) is 5.53. The summed E-state index contributed by atoms with van der Waals surface area (Å²) in [6, 6.07) is 14.0. The highest BCUT2D eigenvalue weighted by atomic mass is 16.5. The fraction of sp³-hybridized carbons (Fsp3) is 0.211. The standard InChI is InChI=1S/C19H19N3O4/c1-13-4-3-5-14(2)19(13)26-12-18(24)22-21-17(23)11-25-16-8-6-15(10-20)7-9-16/h3-9H,11-12H2,1-2H3,(H,21,23)(H,22,24). The van der Waals surface area contributed by atoms with E-state index in [1.807, 2.05) is 38.1 Å². The highest BCUT2D eigenvalue weighted by Gasteiger charge is 2.09. The predicted octanol–water partition coefficient (Wildman–Crippen LogP) is 1.78. The van der Waals surface area contributed by atoms with Crippen LogP contribution >= 0.6 is 0 Å². The van der Waals surface area contributed by atoms with Crippen LogP contribution in [0.15, 0.2) is 42.5 Å². The number of hydrogen-bond donors (Lipinski definition) is 2. The number of hydrazine groups is 1. The minimum Gasteiger partial charge on any atom is -0.484 e. The largest absolute Gasteiger partial charge is 0.484 e. The maximum atomic E-state index is 11.8. The first-order valence-electron chi connectivity index (χ1n) is 7.89. The van der Waals surface area contributed by atoms with Gasteiger partial charge in [-0.2, -0.15) is 5.26 Å². The number of hydrogen-bond acceptors (Lipinski definition) is 5. The smallest absolute Gasteiger partial charge is 0.276 e. The lowest BCUT2D eigenvalue weighted by Gasteiger charge is -2.12. The number of ether oxygens (including phenoxy) is 2. The van der Waals surface area contributed by atoms with E-state index >= 15 is 0 Å². The van der Waals surface area contributed by atoms with Gasteiger partial charge in [0, 0.05) is 0 Å². The van der Waals surface area contributed by atoms with Crippen molar-refractivity contribution in [3.8, 4) is 17.6 Å². The van der Waals surface area contributed by atoms with E-state index in [1.54, 1.807) is 24.3 Å². The molecule has 0 aliphatic carbocycles. The highest BCUT2D eigenvalue weighted by Crippen LogP contribution is 2.21. The van der Waals surface area contributed by atoms with Crippen molar-refractivity contribution in [2.75, 3.05) is 13.2 Å². The minimum atomic E-state index is -0.519. The Balaban J connectivity index is 1.71. The molecular weight excluding hydrogens is 334 g/mol. The fourth-order valence-corrected chi connectivity index (χ4v) is 2.15. The lowest BCUT2D eigenvalue weighted by molar-refractivity contribution is -0.131. The van der Waals surface area contributed by atoms with Crippen LogP contribution in [-0.2, 0) is 9.59 Å². The van der Waals surface area contributed by atoms with Crippen molar-refractivity contribution in [3.63, 3.8) is 0 Å². The summed E-state index contributed by atoms with van der Waals surface area (Å²) in [6.07, 6.45) is 0. The average Bonchev–Trinajstić information content (AvgIpc) is 2.64. The monoisotopic (exact) mass is 353 g/mol. The summed E-state index contributed by atoms with van der Waals surface area (Å²) in [5, 5.41) is 8.71. The second-order valence-electron chi connectivity index (χ2n) is 5.53. The van der Waals surface area contributed by atoms with Crippen molar-refractivity contribution in [1.29, 1.82) is 5.26 Å². The van der Waals surface area contributed by atoms with Crippen molar-refractivity contribution < 1.29 is 19.1 Å². The first-order valence-corrected chi connectivity index (χ1v) is 7.89. The van der Waals surface area contributed by atoms with Crippen LogP contribution in [0, 0.1) is 25.2 Å². The SMILES string of the molecule is Cc1cccc(C)c1OCC(=O)NNC(=O)COc1ccc(C#N)cc1. The molecule has 0 atom stereocenters. The van der Waals surface area contributed by atoms with E-state index in [1.165, 1.54) is 0 Å². The van der Waals surface area contributed by atoms with Gasteiger partial charge >= 0.3 is 0 Å². The molecule has 0 radical (unpaired) electrons. The quantitative estimate of drug-likeness (QED) is 0.771. The summed E-state index contributed by atoms with van der Waals surface area (Å²) in [5.74, 6) is 0.0936. The molecule has 0 aliphatic heterocycles. The van der Waals surface area contributed by atoms with E-state index in [2.05, 4.69) is 10.9 Å². The van der Waals surface area contributed by atoms with Gasteiger partial charge in [-0.25, -0.2) is 0 Å². The average molecular weight is 353 g/mol. The van der Waals surface area contributed by atoms with Gasteiger partial charge in [0.25, 0.3) is 11.8 Å². The Morgan fingerprint density at radius 2 is 1.46 bits per heavy atom. The van der Waals surface area contributed by atoms with Gasteiger partial charge in [-0.1, -0.05) is 18.2 Å². The molecule has 134 valence electrons. The number of aryl methyl sites for hydroxylation is 2. The molecule has 0 saturated heterocycles. The molecule has 0 bridgehead atoms. The van der Waals surface area contributed by atoms with Crippen molar-refractivity contribution >= 4 is 11.8 Å². The molecule has 2 rings (SSSR count). The summed E-state index contributed by atoms with van der Waals surface area (Å²) in [7, 11) is 0. The molecule has 2 N–H and O–H groups in total. The molecule has 7 heteroatoms.